The molecule has 0 spiro atoms. The lowest BCUT2D eigenvalue weighted by Gasteiger charge is -2.16. The van der Waals surface area contributed by atoms with Crippen LogP contribution in [0.1, 0.15) is 13.3 Å². The number of allylic oxidation sites excluding steroid dienone is 1. The summed E-state index contributed by atoms with van der Waals surface area (Å²) in [7, 11) is 1.84. The summed E-state index contributed by atoms with van der Waals surface area (Å²) in [5.74, 6) is 0.210. The van der Waals surface area contributed by atoms with Crippen molar-refractivity contribution in [2.75, 3.05) is 7.05 Å². The molecule has 3 heteroatoms. The zero-order valence-electron chi connectivity index (χ0n) is 7.20. The fraction of sp³-hybridized carbons (Fsp3) is 0.444. The van der Waals surface area contributed by atoms with E-state index in [2.05, 4.69) is 18.4 Å². The zero-order valence-corrected chi connectivity index (χ0v) is 8.02. The SMILES string of the molecule is CC1C=C2CC(=O)N(C)C2=CS1. The number of hydrogen-bond acceptors (Lipinski definition) is 2. The van der Waals surface area contributed by atoms with E-state index in [4.69, 9.17) is 0 Å². The fourth-order valence-electron chi connectivity index (χ4n) is 1.52. The molecular weight excluding hydrogens is 170 g/mol. The molecule has 0 aromatic carbocycles. The maximum absolute atomic E-state index is 11.3. The number of thioether (sulfide) groups is 1. The highest BCUT2D eigenvalue weighted by Crippen LogP contribution is 2.35. The smallest absolute Gasteiger partial charge is 0.231 e. The van der Waals surface area contributed by atoms with Crippen LogP contribution in [0.25, 0.3) is 0 Å². The Morgan fingerprint density at radius 3 is 3.17 bits per heavy atom. The maximum atomic E-state index is 11.3. The fourth-order valence-corrected chi connectivity index (χ4v) is 2.41. The Balaban J connectivity index is 2.36. The van der Waals surface area contributed by atoms with Crippen LogP contribution in [0, 0.1) is 0 Å². The van der Waals surface area contributed by atoms with Crippen molar-refractivity contribution in [2.45, 2.75) is 18.6 Å². The molecule has 1 atom stereocenters. The number of hydrogen-bond donors (Lipinski definition) is 0. The number of nitrogens with zero attached hydrogens (tertiary/aromatic N) is 1. The van der Waals surface area contributed by atoms with E-state index in [9.17, 15) is 4.79 Å². The van der Waals surface area contributed by atoms with E-state index in [-0.39, 0.29) is 5.91 Å². The number of carbonyl (C=O) groups excluding carboxylic acids is 1. The summed E-state index contributed by atoms with van der Waals surface area (Å²) in [6.07, 6.45) is 2.77. The van der Waals surface area contributed by atoms with Crippen molar-refractivity contribution in [3.05, 3.63) is 22.8 Å². The van der Waals surface area contributed by atoms with Crippen molar-refractivity contribution >= 4 is 17.7 Å². The highest BCUT2D eigenvalue weighted by atomic mass is 32.2. The number of likely N-dealkylation sites (N-methyl/N-ethyl adjacent to an activating group) is 1. The van der Waals surface area contributed by atoms with Crippen LogP contribution < -0.4 is 0 Å². The van der Waals surface area contributed by atoms with E-state index in [1.807, 2.05) is 7.05 Å². The molecule has 2 nitrogen and oxygen atoms in total. The van der Waals surface area contributed by atoms with Crippen LogP contribution in [0.3, 0.4) is 0 Å². The van der Waals surface area contributed by atoms with Gasteiger partial charge in [0.2, 0.25) is 5.91 Å². The third-order valence-corrected chi connectivity index (χ3v) is 3.16. The van der Waals surface area contributed by atoms with Gasteiger partial charge in [-0.05, 0) is 17.9 Å². The van der Waals surface area contributed by atoms with Gasteiger partial charge in [-0.2, -0.15) is 0 Å². The van der Waals surface area contributed by atoms with Gasteiger partial charge in [0.1, 0.15) is 0 Å². The molecule has 0 aliphatic carbocycles. The number of fused-ring (bicyclic) bond motifs is 1. The third-order valence-electron chi connectivity index (χ3n) is 2.24. The van der Waals surface area contributed by atoms with Crippen LogP contribution in [0.5, 0.6) is 0 Å². The zero-order chi connectivity index (χ0) is 8.72. The van der Waals surface area contributed by atoms with Gasteiger partial charge in [0.15, 0.2) is 0 Å². The number of carbonyl (C=O) groups is 1. The first-order chi connectivity index (χ1) is 5.68. The highest BCUT2D eigenvalue weighted by molar-refractivity contribution is 8.02. The second-order valence-electron chi connectivity index (χ2n) is 3.17. The maximum Gasteiger partial charge on any atom is 0.231 e. The van der Waals surface area contributed by atoms with Crippen molar-refractivity contribution in [3.63, 3.8) is 0 Å². The van der Waals surface area contributed by atoms with Crippen LogP contribution in [0.2, 0.25) is 0 Å². The first kappa shape index (κ1) is 7.92. The van der Waals surface area contributed by atoms with Crippen LogP contribution in [0.15, 0.2) is 22.8 Å². The summed E-state index contributed by atoms with van der Waals surface area (Å²) < 4.78 is 0. The first-order valence-corrected chi connectivity index (χ1v) is 4.96. The Labute approximate surface area is 76.3 Å². The lowest BCUT2D eigenvalue weighted by atomic mass is 10.1. The van der Waals surface area contributed by atoms with Crippen molar-refractivity contribution < 1.29 is 4.79 Å². The molecule has 0 radical (unpaired) electrons. The van der Waals surface area contributed by atoms with Gasteiger partial charge in [-0.3, -0.25) is 4.79 Å². The van der Waals surface area contributed by atoms with Crippen LogP contribution in [-0.2, 0) is 4.79 Å². The predicted octanol–water partition coefficient (Wildman–Crippen LogP) is 1.75. The molecule has 0 aromatic heterocycles. The molecule has 0 saturated carbocycles. The van der Waals surface area contributed by atoms with Crippen molar-refractivity contribution in [3.8, 4) is 0 Å². The molecule has 64 valence electrons. The average Bonchev–Trinajstić information content (AvgIpc) is 2.28. The molecule has 0 aromatic rings. The van der Waals surface area contributed by atoms with Gasteiger partial charge in [0.25, 0.3) is 0 Å². The molecule has 0 bridgehead atoms. The molecule has 12 heavy (non-hydrogen) atoms. The van der Waals surface area contributed by atoms with Gasteiger partial charge in [0.05, 0.1) is 12.1 Å². The Morgan fingerprint density at radius 2 is 2.42 bits per heavy atom. The summed E-state index contributed by atoms with van der Waals surface area (Å²) in [6.45, 7) is 2.15. The van der Waals surface area contributed by atoms with Gasteiger partial charge in [-0.1, -0.05) is 6.08 Å². The second-order valence-corrected chi connectivity index (χ2v) is 4.42. The largest absolute Gasteiger partial charge is 0.314 e. The molecule has 2 aliphatic heterocycles. The van der Waals surface area contributed by atoms with Crippen LogP contribution in [0.4, 0.5) is 0 Å². The lowest BCUT2D eigenvalue weighted by molar-refractivity contribution is -0.125. The first-order valence-electron chi connectivity index (χ1n) is 4.02. The predicted molar refractivity (Wildman–Crippen MR) is 50.6 cm³/mol. The molecule has 1 fully saturated rings. The van der Waals surface area contributed by atoms with E-state index < -0.39 is 0 Å². The minimum atomic E-state index is 0.210. The molecule has 2 aliphatic rings. The van der Waals surface area contributed by atoms with Gasteiger partial charge < -0.3 is 4.90 Å². The Kier molecular flexibility index (Phi) is 1.76. The van der Waals surface area contributed by atoms with Crippen LogP contribution >= 0.6 is 11.8 Å². The molecule has 2 heterocycles. The summed E-state index contributed by atoms with van der Waals surface area (Å²) in [6, 6.07) is 0. The van der Waals surface area contributed by atoms with E-state index in [0.29, 0.717) is 11.7 Å². The van der Waals surface area contributed by atoms with Gasteiger partial charge in [-0.25, -0.2) is 0 Å². The molecule has 1 saturated heterocycles. The van der Waals surface area contributed by atoms with Gasteiger partial charge >= 0.3 is 0 Å². The van der Waals surface area contributed by atoms with Gasteiger partial charge in [0, 0.05) is 12.3 Å². The van der Waals surface area contributed by atoms with E-state index in [1.165, 1.54) is 5.57 Å². The van der Waals surface area contributed by atoms with Crippen molar-refractivity contribution in [2.24, 2.45) is 0 Å². The Bertz CT molecular complexity index is 293. The van der Waals surface area contributed by atoms with Crippen molar-refractivity contribution in [1.82, 2.24) is 4.90 Å². The molecule has 1 unspecified atom stereocenters. The van der Waals surface area contributed by atoms with E-state index >= 15 is 0 Å². The van der Waals surface area contributed by atoms with Crippen molar-refractivity contribution in [1.29, 1.82) is 0 Å². The third kappa shape index (κ3) is 1.08. The lowest BCUT2D eigenvalue weighted by Crippen LogP contribution is -2.17. The number of rotatable bonds is 0. The number of amides is 1. The Hall–Kier alpha value is -0.700. The van der Waals surface area contributed by atoms with E-state index in [0.717, 1.165) is 5.70 Å². The summed E-state index contributed by atoms with van der Waals surface area (Å²) >= 11 is 1.77. The van der Waals surface area contributed by atoms with Crippen LogP contribution in [-0.4, -0.2) is 23.1 Å². The monoisotopic (exact) mass is 181 g/mol. The molecule has 1 amide bonds. The minimum absolute atomic E-state index is 0.210. The van der Waals surface area contributed by atoms with Gasteiger partial charge in [-0.15, -0.1) is 11.8 Å². The minimum Gasteiger partial charge on any atom is -0.314 e. The quantitative estimate of drug-likeness (QED) is 0.567. The molecular formula is C9H11NOS. The normalized spacial score (nSPS) is 28.3. The second kappa shape index (κ2) is 2.66. The summed E-state index contributed by atoms with van der Waals surface area (Å²) in [5, 5.41) is 2.60. The Morgan fingerprint density at radius 1 is 1.67 bits per heavy atom. The summed E-state index contributed by atoms with van der Waals surface area (Å²) in [5.41, 5.74) is 2.30. The standard InChI is InChI=1S/C9H11NOS/c1-6-3-7-4-9(11)10(2)8(7)5-12-6/h3,5-6H,4H2,1-2H3. The molecule has 0 N–H and O–H groups in total. The highest BCUT2D eigenvalue weighted by Gasteiger charge is 2.29. The average molecular weight is 181 g/mol. The van der Waals surface area contributed by atoms with E-state index in [1.54, 1.807) is 16.7 Å². The molecule has 2 rings (SSSR count). The summed E-state index contributed by atoms with van der Waals surface area (Å²) in [4.78, 5) is 13.0. The number of likely N-dealkylation sites (tertiary alicyclic amines) is 1. The topological polar surface area (TPSA) is 20.3 Å².